The molecule has 0 spiro atoms. The molecule has 3 amide bonds. The van der Waals surface area contributed by atoms with Crippen molar-refractivity contribution < 1.29 is 19.1 Å². The number of aryl methyl sites for hydroxylation is 1. The second kappa shape index (κ2) is 8.23. The average molecular weight is 436 g/mol. The molecule has 2 heterocycles. The number of thiophene rings is 1. The number of para-hydroxylation sites is 2. The van der Waals surface area contributed by atoms with Crippen LogP contribution in [0.3, 0.4) is 0 Å². The maximum Gasteiger partial charge on any atom is 0.265 e. The largest absolute Gasteiger partial charge is 0.482 e. The molecular formula is C23H21N3O4S. The van der Waals surface area contributed by atoms with Crippen molar-refractivity contribution in [2.45, 2.75) is 20.4 Å². The van der Waals surface area contributed by atoms with Crippen LogP contribution in [-0.2, 0) is 11.3 Å². The number of hydrogen-bond acceptors (Lipinski definition) is 5. The lowest BCUT2D eigenvalue weighted by atomic mass is 10.1. The SMILES string of the molecule is Cc1sc(NC(=O)c2ccc(CN3C(=O)COc4ccccc43)cc2)c(C(N)=O)c1C. The molecule has 3 aromatic rings. The number of fused-ring (bicyclic) bond motifs is 1. The van der Waals surface area contributed by atoms with Gasteiger partial charge in [-0.1, -0.05) is 24.3 Å². The van der Waals surface area contributed by atoms with E-state index in [9.17, 15) is 14.4 Å². The fourth-order valence-corrected chi connectivity index (χ4v) is 4.52. The van der Waals surface area contributed by atoms with Crippen LogP contribution < -0.4 is 20.7 Å². The van der Waals surface area contributed by atoms with E-state index in [2.05, 4.69) is 5.32 Å². The zero-order valence-electron chi connectivity index (χ0n) is 17.1. The molecule has 158 valence electrons. The van der Waals surface area contributed by atoms with Crippen molar-refractivity contribution in [1.29, 1.82) is 0 Å². The molecule has 1 aliphatic rings. The number of nitrogens with two attached hydrogens (primary N) is 1. The average Bonchev–Trinajstić information content (AvgIpc) is 3.03. The second-order valence-electron chi connectivity index (χ2n) is 7.24. The van der Waals surface area contributed by atoms with Gasteiger partial charge in [-0.15, -0.1) is 11.3 Å². The third-order valence-electron chi connectivity index (χ3n) is 5.22. The molecule has 8 heteroatoms. The summed E-state index contributed by atoms with van der Waals surface area (Å²) in [5, 5.41) is 3.24. The zero-order chi connectivity index (χ0) is 22.1. The summed E-state index contributed by atoms with van der Waals surface area (Å²) in [6, 6.07) is 14.4. The number of nitrogens with zero attached hydrogens (tertiary/aromatic N) is 1. The maximum absolute atomic E-state index is 12.7. The Bertz CT molecular complexity index is 1180. The monoisotopic (exact) mass is 435 g/mol. The summed E-state index contributed by atoms with van der Waals surface area (Å²) in [4.78, 5) is 39.4. The summed E-state index contributed by atoms with van der Waals surface area (Å²) in [5.41, 5.74) is 8.64. The molecule has 3 N–H and O–H groups in total. The predicted octanol–water partition coefficient (Wildman–Crippen LogP) is 3.64. The molecule has 7 nitrogen and oxygen atoms in total. The van der Waals surface area contributed by atoms with E-state index in [1.807, 2.05) is 31.2 Å². The van der Waals surface area contributed by atoms with Crippen LogP contribution in [0.5, 0.6) is 5.75 Å². The standard InChI is InChI=1S/C23H21N3O4S/c1-13-14(2)31-23(20(13)21(24)28)25-22(29)16-9-7-15(8-10-16)11-26-17-5-3-4-6-18(17)30-12-19(26)27/h3-10H,11-12H2,1-2H3,(H2,24,28)(H,25,29). The number of benzene rings is 2. The van der Waals surface area contributed by atoms with Gasteiger partial charge in [0.1, 0.15) is 10.8 Å². The number of primary amides is 1. The van der Waals surface area contributed by atoms with Gasteiger partial charge in [0, 0.05) is 10.4 Å². The highest BCUT2D eigenvalue weighted by atomic mass is 32.1. The van der Waals surface area contributed by atoms with E-state index in [0.717, 1.165) is 21.7 Å². The lowest BCUT2D eigenvalue weighted by Crippen LogP contribution is -2.38. The van der Waals surface area contributed by atoms with Gasteiger partial charge in [0.25, 0.3) is 17.7 Å². The van der Waals surface area contributed by atoms with E-state index in [1.165, 1.54) is 11.3 Å². The molecule has 2 aromatic carbocycles. The number of rotatable bonds is 5. The van der Waals surface area contributed by atoms with Crippen molar-refractivity contribution in [3.8, 4) is 5.75 Å². The van der Waals surface area contributed by atoms with Gasteiger partial charge < -0.3 is 20.7 Å². The Balaban J connectivity index is 1.50. The Hall–Kier alpha value is -3.65. The first-order valence-corrected chi connectivity index (χ1v) is 10.5. The van der Waals surface area contributed by atoms with Crippen molar-refractivity contribution in [2.75, 3.05) is 16.8 Å². The van der Waals surface area contributed by atoms with E-state index in [-0.39, 0.29) is 18.4 Å². The quantitative estimate of drug-likeness (QED) is 0.639. The third kappa shape index (κ3) is 4.02. The summed E-state index contributed by atoms with van der Waals surface area (Å²) in [5.74, 6) is -0.348. The highest BCUT2D eigenvalue weighted by Gasteiger charge is 2.25. The molecule has 0 saturated heterocycles. The molecule has 0 fully saturated rings. The van der Waals surface area contributed by atoms with Crippen LogP contribution in [0.4, 0.5) is 10.7 Å². The molecule has 31 heavy (non-hydrogen) atoms. The molecule has 1 aliphatic heterocycles. The van der Waals surface area contributed by atoms with E-state index in [1.54, 1.807) is 36.1 Å². The Morgan fingerprint density at radius 1 is 1.13 bits per heavy atom. The summed E-state index contributed by atoms with van der Waals surface area (Å²) in [7, 11) is 0. The molecule has 0 bridgehead atoms. The lowest BCUT2D eigenvalue weighted by Gasteiger charge is -2.29. The van der Waals surface area contributed by atoms with Gasteiger partial charge in [-0.3, -0.25) is 14.4 Å². The smallest absolute Gasteiger partial charge is 0.265 e. The van der Waals surface area contributed by atoms with Crippen LogP contribution in [-0.4, -0.2) is 24.3 Å². The number of anilines is 2. The van der Waals surface area contributed by atoms with Crippen molar-refractivity contribution >= 4 is 39.7 Å². The lowest BCUT2D eigenvalue weighted by molar-refractivity contribution is -0.121. The minimum absolute atomic E-state index is 0.000648. The first kappa shape index (κ1) is 20.6. The maximum atomic E-state index is 12.7. The van der Waals surface area contributed by atoms with E-state index >= 15 is 0 Å². The van der Waals surface area contributed by atoms with Gasteiger partial charge in [0.2, 0.25) is 0 Å². The Labute approximate surface area is 183 Å². The minimum atomic E-state index is -0.567. The molecule has 0 unspecified atom stereocenters. The summed E-state index contributed by atoms with van der Waals surface area (Å²) in [6.45, 7) is 4.05. The number of hydrogen-bond donors (Lipinski definition) is 2. The number of ether oxygens (including phenoxy) is 1. The summed E-state index contributed by atoms with van der Waals surface area (Å²) < 4.78 is 5.47. The van der Waals surface area contributed by atoms with Crippen LogP contribution in [0.1, 0.15) is 36.7 Å². The Morgan fingerprint density at radius 2 is 1.84 bits per heavy atom. The number of amides is 3. The zero-order valence-corrected chi connectivity index (χ0v) is 17.9. The van der Waals surface area contributed by atoms with Crippen LogP contribution in [0.25, 0.3) is 0 Å². The number of nitrogens with one attached hydrogen (secondary N) is 1. The molecule has 1 aromatic heterocycles. The van der Waals surface area contributed by atoms with Crippen molar-refractivity contribution in [3.05, 3.63) is 75.7 Å². The van der Waals surface area contributed by atoms with Crippen LogP contribution in [0, 0.1) is 13.8 Å². The van der Waals surface area contributed by atoms with Gasteiger partial charge >= 0.3 is 0 Å². The molecular weight excluding hydrogens is 414 g/mol. The van der Waals surface area contributed by atoms with Gasteiger partial charge in [-0.25, -0.2) is 0 Å². The highest BCUT2D eigenvalue weighted by Crippen LogP contribution is 2.33. The van der Waals surface area contributed by atoms with E-state index < -0.39 is 5.91 Å². The second-order valence-corrected chi connectivity index (χ2v) is 8.46. The van der Waals surface area contributed by atoms with Crippen molar-refractivity contribution in [1.82, 2.24) is 0 Å². The van der Waals surface area contributed by atoms with Gasteiger partial charge in [0.05, 0.1) is 17.8 Å². The van der Waals surface area contributed by atoms with Gasteiger partial charge in [-0.2, -0.15) is 0 Å². The minimum Gasteiger partial charge on any atom is -0.482 e. The fraction of sp³-hybridized carbons (Fsp3) is 0.174. The van der Waals surface area contributed by atoms with Crippen LogP contribution >= 0.6 is 11.3 Å². The normalized spacial score (nSPS) is 12.8. The third-order valence-corrected chi connectivity index (χ3v) is 6.35. The summed E-state index contributed by atoms with van der Waals surface area (Å²) >= 11 is 1.32. The van der Waals surface area contributed by atoms with Crippen LogP contribution in [0.15, 0.2) is 48.5 Å². The topological polar surface area (TPSA) is 102 Å². The van der Waals surface area contributed by atoms with E-state index in [0.29, 0.717) is 28.4 Å². The van der Waals surface area contributed by atoms with Crippen molar-refractivity contribution in [3.63, 3.8) is 0 Å². The Morgan fingerprint density at radius 3 is 2.55 bits per heavy atom. The Kier molecular flexibility index (Phi) is 5.48. The first-order chi connectivity index (χ1) is 14.8. The number of carbonyl (C=O) groups is 3. The summed E-state index contributed by atoms with van der Waals surface area (Å²) in [6.07, 6.45) is 0. The van der Waals surface area contributed by atoms with E-state index in [4.69, 9.17) is 10.5 Å². The predicted molar refractivity (Wildman–Crippen MR) is 120 cm³/mol. The molecule has 4 rings (SSSR count). The molecule has 0 aliphatic carbocycles. The fourth-order valence-electron chi connectivity index (χ4n) is 3.46. The molecule has 0 radical (unpaired) electrons. The van der Waals surface area contributed by atoms with Gasteiger partial charge in [-0.05, 0) is 49.2 Å². The van der Waals surface area contributed by atoms with Gasteiger partial charge in [0.15, 0.2) is 6.61 Å². The molecule has 0 atom stereocenters. The highest BCUT2D eigenvalue weighted by molar-refractivity contribution is 7.16. The first-order valence-electron chi connectivity index (χ1n) is 9.67. The molecule has 0 saturated carbocycles. The van der Waals surface area contributed by atoms with Crippen molar-refractivity contribution in [2.24, 2.45) is 5.73 Å². The number of carbonyl (C=O) groups excluding carboxylic acids is 3. The van der Waals surface area contributed by atoms with Crippen LogP contribution in [0.2, 0.25) is 0 Å².